The summed E-state index contributed by atoms with van der Waals surface area (Å²) in [4.78, 5) is 9.77. The molecule has 0 aliphatic rings. The van der Waals surface area contributed by atoms with Crippen LogP contribution in [-0.2, 0) is 0 Å². The number of furan rings is 1. The van der Waals surface area contributed by atoms with Crippen molar-refractivity contribution in [3.63, 3.8) is 0 Å². The molecule has 0 aliphatic heterocycles. The molecule has 0 saturated heterocycles. The molecule has 4 heteroatoms. The second kappa shape index (κ2) is 9.86. The van der Waals surface area contributed by atoms with E-state index in [9.17, 15) is 4.79 Å². The van der Waals surface area contributed by atoms with Crippen molar-refractivity contribution in [2.75, 3.05) is 0 Å². The number of carbonyl (C=O) groups is 1. The molecule has 2 aromatic carbocycles. The van der Waals surface area contributed by atoms with Gasteiger partial charge in [0, 0.05) is 0 Å². The van der Waals surface area contributed by atoms with Crippen LogP contribution in [0.2, 0.25) is 0 Å². The van der Waals surface area contributed by atoms with Crippen molar-refractivity contribution in [2.24, 2.45) is 0 Å². The highest BCUT2D eigenvalue weighted by molar-refractivity contribution is 5.69. The van der Waals surface area contributed by atoms with Gasteiger partial charge in [0.1, 0.15) is 11.5 Å². The van der Waals surface area contributed by atoms with Gasteiger partial charge in [0.25, 0.3) is 0 Å². The molecular weight excluding hydrogens is 268 g/mol. The normalized spacial score (nSPS) is 8.57. The van der Waals surface area contributed by atoms with Gasteiger partial charge in [-0.1, -0.05) is 36.4 Å². The molecular formula is C17H16O4. The molecule has 21 heavy (non-hydrogen) atoms. The smallest absolute Gasteiger partial charge is 0.185 e. The summed E-state index contributed by atoms with van der Waals surface area (Å²) in [5.41, 5.74) is 0. The van der Waals surface area contributed by atoms with Crippen molar-refractivity contribution in [3.8, 4) is 11.5 Å². The van der Waals surface area contributed by atoms with Crippen molar-refractivity contribution < 1.29 is 19.4 Å². The molecule has 4 nitrogen and oxygen atoms in total. The number of carbonyl (C=O) groups excluding carboxylic acids is 1. The van der Waals surface area contributed by atoms with Crippen molar-refractivity contribution >= 4 is 6.29 Å². The van der Waals surface area contributed by atoms with Gasteiger partial charge in [-0.3, -0.25) is 4.79 Å². The molecule has 0 atom stereocenters. The Morgan fingerprint density at radius 2 is 1.19 bits per heavy atom. The fourth-order valence-electron chi connectivity index (χ4n) is 1.21. The Morgan fingerprint density at radius 1 is 0.714 bits per heavy atom. The number of phenols is 2. The van der Waals surface area contributed by atoms with Crippen LogP contribution >= 0.6 is 0 Å². The molecule has 0 radical (unpaired) electrons. The lowest BCUT2D eigenvalue weighted by Crippen LogP contribution is -1.65. The van der Waals surface area contributed by atoms with Gasteiger partial charge in [0.05, 0.1) is 6.26 Å². The molecule has 3 rings (SSSR count). The van der Waals surface area contributed by atoms with Crippen molar-refractivity contribution in [3.05, 3.63) is 84.8 Å². The van der Waals surface area contributed by atoms with Gasteiger partial charge in [0.2, 0.25) is 0 Å². The number of hydrogen-bond donors (Lipinski definition) is 2. The number of phenolic OH excluding ortho intramolecular Hbond substituents is 2. The highest BCUT2D eigenvalue weighted by Gasteiger charge is 1.84. The Kier molecular flexibility index (Phi) is 7.53. The summed E-state index contributed by atoms with van der Waals surface area (Å²) in [6, 6.07) is 20.7. The number of aromatic hydroxyl groups is 2. The largest absolute Gasteiger partial charge is 0.508 e. The molecule has 0 bridgehead atoms. The van der Waals surface area contributed by atoms with Crippen molar-refractivity contribution in [1.29, 1.82) is 0 Å². The van der Waals surface area contributed by atoms with Gasteiger partial charge < -0.3 is 14.6 Å². The summed E-state index contributed by atoms with van der Waals surface area (Å²) in [7, 11) is 0. The summed E-state index contributed by atoms with van der Waals surface area (Å²) < 4.78 is 4.61. The fourth-order valence-corrected chi connectivity index (χ4v) is 1.21. The van der Waals surface area contributed by atoms with Gasteiger partial charge in [0.15, 0.2) is 12.0 Å². The van der Waals surface area contributed by atoms with Crippen LogP contribution in [0.5, 0.6) is 11.5 Å². The Labute approximate surface area is 122 Å². The molecule has 1 heterocycles. The third-order valence-corrected chi connectivity index (χ3v) is 2.17. The lowest BCUT2D eigenvalue weighted by molar-refractivity contribution is 0.110. The number of para-hydroxylation sites is 2. The molecule has 2 N–H and O–H groups in total. The summed E-state index contributed by atoms with van der Waals surface area (Å²) in [6.45, 7) is 0. The van der Waals surface area contributed by atoms with E-state index in [1.807, 2.05) is 12.1 Å². The first-order valence-corrected chi connectivity index (χ1v) is 6.19. The van der Waals surface area contributed by atoms with E-state index in [2.05, 4.69) is 4.42 Å². The summed E-state index contributed by atoms with van der Waals surface area (Å²) >= 11 is 0. The highest BCUT2D eigenvalue weighted by atomic mass is 16.3. The van der Waals surface area contributed by atoms with E-state index in [0.717, 1.165) is 0 Å². The number of benzene rings is 2. The summed E-state index contributed by atoms with van der Waals surface area (Å²) in [5.74, 6) is 1.02. The quantitative estimate of drug-likeness (QED) is 0.665. The van der Waals surface area contributed by atoms with E-state index in [1.165, 1.54) is 6.26 Å². The van der Waals surface area contributed by atoms with E-state index in [4.69, 9.17) is 10.2 Å². The first kappa shape index (κ1) is 16.0. The predicted molar refractivity (Wildman–Crippen MR) is 80.3 cm³/mol. The standard InChI is InChI=1S/2C6H6O.C5H4O2/c2*7-6-4-2-1-3-5-6;6-4-5-2-1-3-7-5/h2*1-5,7H;1-4H. The minimum atomic E-state index is 0.322. The first-order chi connectivity index (χ1) is 10.2. The summed E-state index contributed by atoms with van der Waals surface area (Å²) in [6.07, 6.45) is 2.13. The van der Waals surface area contributed by atoms with E-state index in [1.54, 1.807) is 60.7 Å². The highest BCUT2D eigenvalue weighted by Crippen LogP contribution is 2.03. The van der Waals surface area contributed by atoms with Crippen LogP contribution in [-0.4, -0.2) is 16.5 Å². The van der Waals surface area contributed by atoms with E-state index in [-0.39, 0.29) is 0 Å². The molecule has 0 fully saturated rings. The minimum absolute atomic E-state index is 0.322. The van der Waals surface area contributed by atoms with Crippen molar-refractivity contribution in [2.45, 2.75) is 0 Å². The fraction of sp³-hybridized carbons (Fsp3) is 0. The third-order valence-electron chi connectivity index (χ3n) is 2.17. The number of rotatable bonds is 1. The molecule has 3 aromatic rings. The molecule has 108 valence electrons. The molecule has 0 saturated carbocycles. The van der Waals surface area contributed by atoms with Gasteiger partial charge in [-0.05, 0) is 36.4 Å². The maximum Gasteiger partial charge on any atom is 0.185 e. The van der Waals surface area contributed by atoms with Crippen LogP contribution in [0, 0.1) is 0 Å². The average molecular weight is 284 g/mol. The second-order valence-electron chi connectivity index (χ2n) is 3.80. The Bertz CT molecular complexity index is 552. The van der Waals surface area contributed by atoms with Gasteiger partial charge in [-0.15, -0.1) is 0 Å². The lowest BCUT2D eigenvalue weighted by atomic mass is 10.3. The molecule has 0 unspecified atom stereocenters. The van der Waals surface area contributed by atoms with Gasteiger partial charge in [-0.2, -0.15) is 0 Å². The van der Waals surface area contributed by atoms with Crippen LogP contribution in [0.1, 0.15) is 10.6 Å². The SMILES string of the molecule is O=Cc1ccco1.Oc1ccccc1.Oc1ccccc1. The third kappa shape index (κ3) is 7.89. The van der Waals surface area contributed by atoms with Gasteiger partial charge in [-0.25, -0.2) is 0 Å². The van der Waals surface area contributed by atoms with Crippen LogP contribution < -0.4 is 0 Å². The van der Waals surface area contributed by atoms with E-state index < -0.39 is 0 Å². The van der Waals surface area contributed by atoms with E-state index in [0.29, 0.717) is 23.5 Å². The number of aldehydes is 1. The first-order valence-electron chi connectivity index (χ1n) is 6.19. The Hall–Kier alpha value is -3.01. The molecule has 0 amide bonds. The van der Waals surface area contributed by atoms with Gasteiger partial charge >= 0.3 is 0 Å². The molecule has 0 aliphatic carbocycles. The van der Waals surface area contributed by atoms with E-state index >= 15 is 0 Å². The molecule has 0 spiro atoms. The maximum absolute atomic E-state index is 9.77. The van der Waals surface area contributed by atoms with Crippen LogP contribution in [0.15, 0.2) is 83.5 Å². The zero-order valence-electron chi connectivity index (χ0n) is 11.3. The van der Waals surface area contributed by atoms with Crippen LogP contribution in [0.3, 0.4) is 0 Å². The summed E-state index contributed by atoms with van der Waals surface area (Å²) in [5, 5.41) is 17.3. The minimum Gasteiger partial charge on any atom is -0.508 e. The topological polar surface area (TPSA) is 70.7 Å². The Balaban J connectivity index is 0.000000157. The lowest BCUT2D eigenvalue weighted by Gasteiger charge is -1.82. The maximum atomic E-state index is 9.77. The zero-order chi connectivity index (χ0) is 15.3. The van der Waals surface area contributed by atoms with Crippen molar-refractivity contribution in [1.82, 2.24) is 0 Å². The predicted octanol–water partition coefficient (Wildman–Crippen LogP) is 3.88. The van der Waals surface area contributed by atoms with Crippen LogP contribution in [0.25, 0.3) is 0 Å². The zero-order valence-corrected chi connectivity index (χ0v) is 11.3. The van der Waals surface area contributed by atoms with Crippen LogP contribution in [0.4, 0.5) is 0 Å². The monoisotopic (exact) mass is 284 g/mol. The second-order valence-corrected chi connectivity index (χ2v) is 3.80. The average Bonchev–Trinajstić information content (AvgIpc) is 3.04. The molecule has 1 aromatic heterocycles. The Morgan fingerprint density at radius 3 is 1.38 bits per heavy atom. The number of hydrogen-bond acceptors (Lipinski definition) is 4.